The molecule has 1 aromatic rings. The van der Waals surface area contributed by atoms with Gasteiger partial charge in [-0.1, -0.05) is 50.1 Å². The maximum absolute atomic E-state index is 13.0. The van der Waals surface area contributed by atoms with Crippen molar-refractivity contribution in [1.29, 1.82) is 0 Å². The molecule has 23 heavy (non-hydrogen) atoms. The summed E-state index contributed by atoms with van der Waals surface area (Å²) < 4.78 is 5.87. The van der Waals surface area contributed by atoms with Crippen LogP contribution in [0.25, 0.3) is 0 Å². The second-order valence-electron chi connectivity index (χ2n) is 6.56. The van der Waals surface area contributed by atoms with Gasteiger partial charge in [-0.3, -0.25) is 4.79 Å². The molecule has 2 aliphatic rings. The van der Waals surface area contributed by atoms with Gasteiger partial charge < -0.3 is 10.5 Å². The van der Waals surface area contributed by atoms with E-state index >= 15 is 0 Å². The third kappa shape index (κ3) is 2.68. The minimum atomic E-state index is -0.931. The molecule has 1 aliphatic carbocycles. The van der Waals surface area contributed by atoms with Gasteiger partial charge in [-0.15, -0.1) is 0 Å². The fraction of sp³-hybridized carbons (Fsp3) is 0.556. The van der Waals surface area contributed by atoms with E-state index in [-0.39, 0.29) is 17.7 Å². The van der Waals surface area contributed by atoms with Crippen LogP contribution in [0.1, 0.15) is 45.1 Å². The van der Waals surface area contributed by atoms with Crippen LogP contribution in [0.2, 0.25) is 5.02 Å². The summed E-state index contributed by atoms with van der Waals surface area (Å²) >= 11 is 6.39. The second kappa shape index (κ2) is 6.25. The molecule has 0 saturated heterocycles. The van der Waals surface area contributed by atoms with Crippen LogP contribution in [0.5, 0.6) is 0 Å². The number of carbonyl (C=O) groups excluding carboxylic acids is 1. The van der Waals surface area contributed by atoms with Gasteiger partial charge in [0.05, 0.1) is 6.04 Å². The third-order valence-corrected chi connectivity index (χ3v) is 5.46. The molecule has 0 radical (unpaired) electrons. The molecule has 4 atom stereocenters. The fourth-order valence-electron chi connectivity index (χ4n) is 3.42. The van der Waals surface area contributed by atoms with E-state index in [0.717, 1.165) is 24.8 Å². The zero-order chi connectivity index (χ0) is 16.6. The van der Waals surface area contributed by atoms with Gasteiger partial charge in [0.15, 0.2) is 11.6 Å². The van der Waals surface area contributed by atoms with E-state index in [2.05, 4.69) is 13.8 Å². The predicted molar refractivity (Wildman–Crippen MR) is 91.7 cm³/mol. The third-order valence-electron chi connectivity index (χ3n) is 5.13. The quantitative estimate of drug-likeness (QED) is 0.917. The zero-order valence-corrected chi connectivity index (χ0v) is 14.3. The molecule has 2 bridgehead atoms. The molecule has 1 aliphatic heterocycles. The molecule has 4 nitrogen and oxygen atoms in total. The first-order valence-electron chi connectivity index (χ1n) is 8.31. The Balaban J connectivity index is 2.11. The lowest BCUT2D eigenvalue weighted by Gasteiger charge is -2.42. The number of nitrogens with two attached hydrogens (primary N) is 1. The number of hydrogen-bond acceptors (Lipinski definition) is 4. The SMILES string of the molecule is CCC(C)C(N)C1=N[C@]2(c3ccccc3Cl)CCC[C@H](O1)C2=O. The Kier molecular flexibility index (Phi) is 4.47. The first-order valence-corrected chi connectivity index (χ1v) is 8.68. The maximum atomic E-state index is 13.0. The van der Waals surface area contributed by atoms with E-state index in [1.54, 1.807) is 0 Å². The Morgan fingerprint density at radius 3 is 2.91 bits per heavy atom. The lowest BCUT2D eigenvalue weighted by Crippen LogP contribution is -2.55. The van der Waals surface area contributed by atoms with Crippen LogP contribution >= 0.6 is 11.6 Å². The number of carbonyl (C=O) groups is 1. The normalized spacial score (nSPS) is 29.5. The van der Waals surface area contributed by atoms with Gasteiger partial charge in [-0.25, -0.2) is 4.99 Å². The summed E-state index contributed by atoms with van der Waals surface area (Å²) in [6, 6.07) is 7.16. The minimum Gasteiger partial charge on any atom is -0.468 e. The number of halogens is 1. The Morgan fingerprint density at radius 2 is 2.22 bits per heavy atom. The monoisotopic (exact) mass is 334 g/mol. The van der Waals surface area contributed by atoms with Gasteiger partial charge in [-0.05, 0) is 31.2 Å². The number of fused-ring (bicyclic) bond motifs is 2. The van der Waals surface area contributed by atoms with Crippen molar-refractivity contribution < 1.29 is 9.53 Å². The average molecular weight is 335 g/mol. The van der Waals surface area contributed by atoms with Gasteiger partial charge in [0.2, 0.25) is 11.7 Å². The summed E-state index contributed by atoms with van der Waals surface area (Å²) in [5.74, 6) is 0.756. The molecule has 2 N–H and O–H groups in total. The van der Waals surface area contributed by atoms with Crippen molar-refractivity contribution in [3.05, 3.63) is 34.9 Å². The summed E-state index contributed by atoms with van der Waals surface area (Å²) in [6.45, 7) is 4.16. The highest BCUT2D eigenvalue weighted by Gasteiger charge is 2.52. The Morgan fingerprint density at radius 1 is 1.48 bits per heavy atom. The number of ether oxygens (including phenoxy) is 1. The van der Waals surface area contributed by atoms with Crippen LogP contribution in [-0.2, 0) is 15.1 Å². The number of aliphatic imine (C=N–C) groups is 1. The number of rotatable bonds is 4. The van der Waals surface area contributed by atoms with Crippen molar-refractivity contribution >= 4 is 23.3 Å². The predicted octanol–water partition coefficient (Wildman–Crippen LogP) is 3.46. The first-order chi connectivity index (χ1) is 11.0. The van der Waals surface area contributed by atoms with Crippen LogP contribution in [0.15, 0.2) is 29.3 Å². The van der Waals surface area contributed by atoms with Crippen molar-refractivity contribution in [1.82, 2.24) is 0 Å². The number of nitrogens with zero attached hydrogens (tertiary/aromatic N) is 1. The van der Waals surface area contributed by atoms with Gasteiger partial charge in [-0.2, -0.15) is 0 Å². The largest absolute Gasteiger partial charge is 0.468 e. The molecule has 1 heterocycles. The molecule has 1 fully saturated rings. The van der Waals surface area contributed by atoms with E-state index in [1.807, 2.05) is 24.3 Å². The van der Waals surface area contributed by atoms with Crippen molar-refractivity contribution in [2.24, 2.45) is 16.6 Å². The molecule has 0 aromatic heterocycles. The molecule has 3 rings (SSSR count). The lowest BCUT2D eigenvalue weighted by atomic mass is 9.73. The highest BCUT2D eigenvalue weighted by molar-refractivity contribution is 6.32. The highest BCUT2D eigenvalue weighted by Crippen LogP contribution is 2.44. The minimum absolute atomic E-state index is 0.0111. The Hall–Kier alpha value is -1.39. The maximum Gasteiger partial charge on any atom is 0.205 e. The van der Waals surface area contributed by atoms with E-state index in [9.17, 15) is 4.79 Å². The molecule has 2 unspecified atom stereocenters. The number of hydrogen-bond donors (Lipinski definition) is 1. The van der Waals surface area contributed by atoms with E-state index < -0.39 is 11.6 Å². The van der Waals surface area contributed by atoms with Crippen molar-refractivity contribution in [2.75, 3.05) is 0 Å². The smallest absolute Gasteiger partial charge is 0.205 e. The summed E-state index contributed by atoms with van der Waals surface area (Å²) in [7, 11) is 0. The van der Waals surface area contributed by atoms with Crippen molar-refractivity contribution in [2.45, 2.75) is 57.2 Å². The van der Waals surface area contributed by atoms with Crippen LogP contribution in [-0.4, -0.2) is 23.8 Å². The first kappa shape index (κ1) is 16.5. The fourth-order valence-corrected chi connectivity index (χ4v) is 3.71. The number of benzene rings is 1. The topological polar surface area (TPSA) is 64.7 Å². The Bertz CT molecular complexity index is 646. The summed E-state index contributed by atoms with van der Waals surface area (Å²) in [6.07, 6.45) is 2.74. The Labute approximate surface area is 142 Å². The molecule has 0 amide bonds. The van der Waals surface area contributed by atoms with Gasteiger partial charge in [0, 0.05) is 10.6 Å². The zero-order valence-electron chi connectivity index (χ0n) is 13.6. The molecular weight excluding hydrogens is 312 g/mol. The van der Waals surface area contributed by atoms with Crippen molar-refractivity contribution in [3.8, 4) is 0 Å². The molecule has 5 heteroatoms. The summed E-state index contributed by atoms with van der Waals surface area (Å²) in [5, 5.41) is 0.573. The second-order valence-corrected chi connectivity index (χ2v) is 6.97. The standard InChI is InChI=1S/C18H23ClN2O2/c1-3-11(2)15(20)17-21-18(12-7-4-5-8-13(12)19)10-6-9-14(23-17)16(18)22/h4-5,7-8,11,14-15H,3,6,9-10,20H2,1-2H3/t11?,14-,15?,18-/m0/s1. The van der Waals surface area contributed by atoms with E-state index in [1.165, 1.54) is 0 Å². The number of Topliss-reactive ketones (excluding diaryl/α,β-unsaturated/α-hetero) is 1. The van der Waals surface area contributed by atoms with E-state index in [0.29, 0.717) is 17.3 Å². The van der Waals surface area contributed by atoms with Gasteiger partial charge in [0.25, 0.3) is 0 Å². The van der Waals surface area contributed by atoms with E-state index in [4.69, 9.17) is 27.1 Å². The lowest BCUT2D eigenvalue weighted by molar-refractivity contribution is -0.137. The van der Waals surface area contributed by atoms with Crippen LogP contribution in [0.3, 0.4) is 0 Å². The highest BCUT2D eigenvalue weighted by atomic mass is 35.5. The molecular formula is C18H23ClN2O2. The van der Waals surface area contributed by atoms with Crippen LogP contribution in [0, 0.1) is 5.92 Å². The molecule has 0 spiro atoms. The molecule has 1 aromatic carbocycles. The average Bonchev–Trinajstić information content (AvgIpc) is 2.54. The van der Waals surface area contributed by atoms with Crippen LogP contribution in [0.4, 0.5) is 0 Å². The van der Waals surface area contributed by atoms with Crippen molar-refractivity contribution in [3.63, 3.8) is 0 Å². The van der Waals surface area contributed by atoms with Crippen LogP contribution < -0.4 is 5.73 Å². The summed E-state index contributed by atoms with van der Waals surface area (Å²) in [4.78, 5) is 17.7. The molecule has 124 valence electrons. The number of ketones is 1. The van der Waals surface area contributed by atoms with Gasteiger partial charge in [0.1, 0.15) is 0 Å². The van der Waals surface area contributed by atoms with Gasteiger partial charge >= 0.3 is 0 Å². The summed E-state index contributed by atoms with van der Waals surface area (Å²) in [5.41, 5.74) is 6.17. The molecule has 1 saturated carbocycles.